The van der Waals surface area contributed by atoms with Crippen molar-refractivity contribution in [3.8, 4) is 0 Å². The largest absolute Gasteiger partial charge is 0.416 e. The van der Waals surface area contributed by atoms with Crippen molar-refractivity contribution in [1.82, 2.24) is 0 Å². The van der Waals surface area contributed by atoms with Crippen molar-refractivity contribution in [3.05, 3.63) is 34.3 Å². The predicted octanol–water partition coefficient (Wildman–Crippen LogP) is 4.99. The van der Waals surface area contributed by atoms with Crippen LogP contribution in [0.3, 0.4) is 0 Å². The summed E-state index contributed by atoms with van der Waals surface area (Å²) >= 11 is 5.64. The van der Waals surface area contributed by atoms with E-state index in [1.54, 1.807) is 0 Å². The van der Waals surface area contributed by atoms with Gasteiger partial charge in [-0.3, -0.25) is 0 Å². The second-order valence-electron chi connectivity index (χ2n) is 4.46. The molecule has 100 valence electrons. The third-order valence-corrected chi connectivity index (χ3v) is 3.47. The van der Waals surface area contributed by atoms with Crippen LogP contribution >= 0.6 is 11.6 Å². The monoisotopic (exact) mass is 278 g/mol. The maximum atomic E-state index is 12.9. The van der Waals surface area contributed by atoms with Crippen LogP contribution in [0.25, 0.3) is 0 Å². The summed E-state index contributed by atoms with van der Waals surface area (Å²) < 4.78 is 44.5. The van der Waals surface area contributed by atoms with Crippen LogP contribution in [-0.2, 0) is 10.9 Å². The third-order valence-electron chi connectivity index (χ3n) is 3.23. The van der Waals surface area contributed by atoms with Gasteiger partial charge in [-0.25, -0.2) is 0 Å². The van der Waals surface area contributed by atoms with Crippen LogP contribution in [0.15, 0.2) is 18.2 Å². The minimum atomic E-state index is -4.39. The van der Waals surface area contributed by atoms with Gasteiger partial charge in [0.05, 0.1) is 17.8 Å². The Morgan fingerprint density at radius 2 is 2.06 bits per heavy atom. The fourth-order valence-electron chi connectivity index (χ4n) is 2.29. The predicted molar refractivity (Wildman–Crippen MR) is 63.6 cm³/mol. The van der Waals surface area contributed by atoms with Gasteiger partial charge in [-0.15, -0.1) is 0 Å². The molecule has 1 aliphatic heterocycles. The Morgan fingerprint density at radius 3 is 2.61 bits per heavy atom. The molecule has 18 heavy (non-hydrogen) atoms. The highest BCUT2D eigenvalue weighted by Crippen LogP contribution is 2.41. The molecule has 1 unspecified atom stereocenters. The molecule has 1 aromatic carbocycles. The maximum Gasteiger partial charge on any atom is 0.416 e. The molecule has 0 N–H and O–H groups in total. The van der Waals surface area contributed by atoms with E-state index in [2.05, 4.69) is 0 Å². The zero-order valence-corrected chi connectivity index (χ0v) is 10.7. The number of hydrogen-bond donors (Lipinski definition) is 0. The Hall–Kier alpha value is -0.740. The normalized spacial score (nSPS) is 24.5. The van der Waals surface area contributed by atoms with Gasteiger partial charge >= 0.3 is 6.18 Å². The second kappa shape index (κ2) is 5.10. The van der Waals surface area contributed by atoms with E-state index in [9.17, 15) is 13.2 Å². The summed E-state index contributed by atoms with van der Waals surface area (Å²) in [6, 6.07) is 3.88. The number of ether oxygens (including phenoxy) is 1. The smallest absolute Gasteiger partial charge is 0.370 e. The molecule has 0 spiro atoms. The standard InChI is InChI=1S/C13H14ClF3O/c1-2-9-4-6-12(18-9)10-5-3-8(14)7-11(10)13(15,16)17/h3,5,7,9,12H,2,4,6H2,1H3/t9-,12?/m1/s1. The van der Waals surface area contributed by atoms with Crippen LogP contribution in [0.5, 0.6) is 0 Å². The van der Waals surface area contributed by atoms with E-state index in [1.165, 1.54) is 12.1 Å². The molecule has 1 saturated heterocycles. The second-order valence-corrected chi connectivity index (χ2v) is 4.90. The molecule has 2 atom stereocenters. The van der Waals surface area contributed by atoms with Gasteiger partial charge in [0, 0.05) is 5.02 Å². The Labute approximate surface area is 109 Å². The number of hydrogen-bond acceptors (Lipinski definition) is 1. The lowest BCUT2D eigenvalue weighted by Gasteiger charge is -2.18. The van der Waals surface area contributed by atoms with Crippen LogP contribution in [0.1, 0.15) is 43.4 Å². The summed E-state index contributed by atoms with van der Waals surface area (Å²) in [6.45, 7) is 1.97. The lowest BCUT2D eigenvalue weighted by Crippen LogP contribution is -2.13. The van der Waals surface area contributed by atoms with Gasteiger partial charge in [-0.05, 0) is 37.0 Å². The van der Waals surface area contributed by atoms with E-state index in [1.807, 2.05) is 6.92 Å². The Balaban J connectivity index is 2.33. The van der Waals surface area contributed by atoms with Crippen molar-refractivity contribution in [2.45, 2.75) is 44.6 Å². The number of rotatable bonds is 2. The summed E-state index contributed by atoms with van der Waals surface area (Å²) in [5.74, 6) is 0. The Bertz CT molecular complexity index is 431. The molecular formula is C13H14ClF3O. The first-order chi connectivity index (χ1) is 8.41. The summed E-state index contributed by atoms with van der Waals surface area (Å²) in [5.41, 5.74) is -0.486. The molecular weight excluding hydrogens is 265 g/mol. The fourth-order valence-corrected chi connectivity index (χ4v) is 2.46. The van der Waals surface area contributed by atoms with Gasteiger partial charge in [-0.2, -0.15) is 13.2 Å². The van der Waals surface area contributed by atoms with Crippen LogP contribution in [-0.4, -0.2) is 6.10 Å². The molecule has 0 aliphatic carbocycles. The van der Waals surface area contributed by atoms with Crippen molar-refractivity contribution >= 4 is 11.6 Å². The molecule has 2 rings (SSSR count). The van der Waals surface area contributed by atoms with Crippen molar-refractivity contribution in [1.29, 1.82) is 0 Å². The number of halogens is 4. The van der Waals surface area contributed by atoms with Gasteiger partial charge in [0.15, 0.2) is 0 Å². The van der Waals surface area contributed by atoms with Crippen molar-refractivity contribution in [2.24, 2.45) is 0 Å². The molecule has 0 radical (unpaired) electrons. The van der Waals surface area contributed by atoms with E-state index >= 15 is 0 Å². The highest BCUT2D eigenvalue weighted by atomic mass is 35.5. The van der Waals surface area contributed by atoms with E-state index in [4.69, 9.17) is 16.3 Å². The fraction of sp³-hybridized carbons (Fsp3) is 0.538. The first-order valence-electron chi connectivity index (χ1n) is 5.94. The van der Waals surface area contributed by atoms with Gasteiger partial charge < -0.3 is 4.74 Å². The summed E-state index contributed by atoms with van der Waals surface area (Å²) in [7, 11) is 0. The zero-order chi connectivity index (χ0) is 13.3. The van der Waals surface area contributed by atoms with Crippen molar-refractivity contribution in [3.63, 3.8) is 0 Å². The van der Waals surface area contributed by atoms with E-state index in [-0.39, 0.29) is 16.7 Å². The molecule has 1 fully saturated rings. The lowest BCUT2D eigenvalue weighted by molar-refractivity contribution is -0.139. The molecule has 0 aromatic heterocycles. The summed E-state index contributed by atoms with van der Waals surface area (Å²) in [5, 5.41) is 0.0936. The number of alkyl halides is 3. The first-order valence-corrected chi connectivity index (χ1v) is 6.31. The topological polar surface area (TPSA) is 9.23 Å². The van der Waals surface area contributed by atoms with Gasteiger partial charge in [0.25, 0.3) is 0 Å². The van der Waals surface area contributed by atoms with Crippen molar-refractivity contribution in [2.75, 3.05) is 0 Å². The molecule has 1 heterocycles. The van der Waals surface area contributed by atoms with Gasteiger partial charge in [0.1, 0.15) is 0 Å². The third kappa shape index (κ3) is 2.81. The van der Waals surface area contributed by atoms with Gasteiger partial charge in [0.2, 0.25) is 0 Å². The van der Waals surface area contributed by atoms with Crippen LogP contribution < -0.4 is 0 Å². The van der Waals surface area contributed by atoms with E-state index < -0.39 is 17.8 Å². The average Bonchev–Trinajstić information content (AvgIpc) is 2.76. The van der Waals surface area contributed by atoms with Crippen LogP contribution in [0.4, 0.5) is 13.2 Å². The Kier molecular flexibility index (Phi) is 3.87. The van der Waals surface area contributed by atoms with Crippen LogP contribution in [0.2, 0.25) is 5.02 Å². The highest BCUT2D eigenvalue weighted by Gasteiger charge is 2.37. The molecule has 1 aliphatic rings. The molecule has 1 nitrogen and oxygen atoms in total. The van der Waals surface area contributed by atoms with Crippen LogP contribution in [0, 0.1) is 0 Å². The van der Waals surface area contributed by atoms with Gasteiger partial charge in [-0.1, -0.05) is 24.6 Å². The highest BCUT2D eigenvalue weighted by molar-refractivity contribution is 6.30. The Morgan fingerprint density at radius 1 is 1.33 bits per heavy atom. The summed E-state index contributed by atoms with van der Waals surface area (Å²) in [4.78, 5) is 0. The summed E-state index contributed by atoms with van der Waals surface area (Å²) in [6.07, 6.45) is -2.54. The van der Waals surface area contributed by atoms with E-state index in [0.717, 1.165) is 18.9 Å². The molecule has 1 aromatic rings. The molecule has 0 amide bonds. The minimum absolute atomic E-state index is 0.0618. The van der Waals surface area contributed by atoms with Crippen molar-refractivity contribution < 1.29 is 17.9 Å². The zero-order valence-electron chi connectivity index (χ0n) is 9.93. The maximum absolute atomic E-state index is 12.9. The lowest BCUT2D eigenvalue weighted by atomic mass is 9.99. The average molecular weight is 279 g/mol. The minimum Gasteiger partial charge on any atom is -0.370 e. The molecule has 5 heteroatoms. The SMILES string of the molecule is CC[C@@H]1CCC(c2ccc(Cl)cc2C(F)(F)F)O1. The number of benzene rings is 1. The van der Waals surface area contributed by atoms with E-state index in [0.29, 0.717) is 6.42 Å². The quantitative estimate of drug-likeness (QED) is 0.740. The molecule has 0 saturated carbocycles. The molecule has 0 bridgehead atoms. The first kappa shape index (κ1) is 13.7.